The van der Waals surface area contributed by atoms with E-state index in [4.69, 9.17) is 5.73 Å². The van der Waals surface area contributed by atoms with Gasteiger partial charge in [0.25, 0.3) is 0 Å². The summed E-state index contributed by atoms with van der Waals surface area (Å²) in [4.78, 5) is 0. The lowest BCUT2D eigenvalue weighted by atomic mass is 10.0. The molecule has 0 atom stereocenters. The SMILES string of the molecule is CCc1c(N)c(C)cc(O)c1O. The number of rotatable bonds is 1. The Morgan fingerprint density at radius 2 is 2.00 bits per heavy atom. The Labute approximate surface area is 71.5 Å². The van der Waals surface area contributed by atoms with Crippen LogP contribution in [0.1, 0.15) is 18.1 Å². The van der Waals surface area contributed by atoms with Crippen LogP contribution in [0.3, 0.4) is 0 Å². The molecule has 0 heterocycles. The fourth-order valence-electron chi connectivity index (χ4n) is 1.23. The minimum atomic E-state index is -0.0986. The first-order valence-electron chi connectivity index (χ1n) is 3.87. The van der Waals surface area contributed by atoms with E-state index in [1.165, 1.54) is 6.07 Å². The average Bonchev–Trinajstić information content (AvgIpc) is 2.02. The van der Waals surface area contributed by atoms with Crippen LogP contribution < -0.4 is 5.73 Å². The molecule has 0 aliphatic carbocycles. The molecular weight excluding hydrogens is 154 g/mol. The molecular formula is C9H13NO2. The molecule has 1 rings (SSSR count). The molecule has 0 aliphatic rings. The maximum Gasteiger partial charge on any atom is 0.162 e. The molecule has 0 unspecified atom stereocenters. The van der Waals surface area contributed by atoms with Crippen LogP contribution in [-0.4, -0.2) is 10.2 Å². The highest BCUT2D eigenvalue weighted by atomic mass is 16.3. The van der Waals surface area contributed by atoms with Crippen molar-refractivity contribution in [3.8, 4) is 11.5 Å². The highest BCUT2D eigenvalue weighted by molar-refractivity contribution is 5.63. The van der Waals surface area contributed by atoms with Crippen molar-refractivity contribution in [2.24, 2.45) is 0 Å². The predicted molar refractivity (Wildman–Crippen MR) is 48.3 cm³/mol. The highest BCUT2D eigenvalue weighted by Gasteiger charge is 2.10. The third-order valence-electron chi connectivity index (χ3n) is 1.99. The lowest BCUT2D eigenvalue weighted by Crippen LogP contribution is -1.96. The smallest absolute Gasteiger partial charge is 0.162 e. The number of phenolic OH excluding ortho intramolecular Hbond substituents is 2. The molecule has 3 heteroatoms. The summed E-state index contributed by atoms with van der Waals surface area (Å²) in [6, 6.07) is 1.46. The third kappa shape index (κ3) is 1.18. The minimum absolute atomic E-state index is 0.0967. The molecule has 66 valence electrons. The maximum absolute atomic E-state index is 9.37. The standard InChI is InChI=1S/C9H13NO2/c1-3-6-8(10)5(2)4-7(11)9(6)12/h4,11-12H,3,10H2,1-2H3. The summed E-state index contributed by atoms with van der Waals surface area (Å²) in [7, 11) is 0. The van der Waals surface area contributed by atoms with Crippen LogP contribution >= 0.6 is 0 Å². The van der Waals surface area contributed by atoms with E-state index in [2.05, 4.69) is 0 Å². The Balaban J connectivity index is 3.42. The quantitative estimate of drug-likeness (QED) is 0.338. The summed E-state index contributed by atoms with van der Waals surface area (Å²) in [5.41, 5.74) is 7.67. The number of benzene rings is 1. The summed E-state index contributed by atoms with van der Waals surface area (Å²) in [6.07, 6.45) is 0.618. The topological polar surface area (TPSA) is 66.5 Å². The average molecular weight is 167 g/mol. The zero-order chi connectivity index (χ0) is 9.30. The van der Waals surface area contributed by atoms with Gasteiger partial charge < -0.3 is 15.9 Å². The van der Waals surface area contributed by atoms with E-state index in [1.807, 2.05) is 6.92 Å². The number of nitrogen functional groups attached to an aromatic ring is 1. The van der Waals surface area contributed by atoms with Crippen molar-refractivity contribution < 1.29 is 10.2 Å². The van der Waals surface area contributed by atoms with Gasteiger partial charge in [0.05, 0.1) is 0 Å². The zero-order valence-electron chi connectivity index (χ0n) is 7.26. The Morgan fingerprint density at radius 1 is 1.42 bits per heavy atom. The highest BCUT2D eigenvalue weighted by Crippen LogP contribution is 2.35. The lowest BCUT2D eigenvalue weighted by molar-refractivity contribution is 0.400. The molecule has 0 fully saturated rings. The number of aryl methyl sites for hydroxylation is 1. The van der Waals surface area contributed by atoms with Crippen molar-refractivity contribution in [1.29, 1.82) is 0 Å². The van der Waals surface area contributed by atoms with Crippen molar-refractivity contribution in [3.63, 3.8) is 0 Å². The van der Waals surface area contributed by atoms with Crippen LogP contribution in [0.5, 0.6) is 11.5 Å². The number of aromatic hydroxyl groups is 2. The third-order valence-corrected chi connectivity index (χ3v) is 1.99. The van der Waals surface area contributed by atoms with Crippen molar-refractivity contribution >= 4 is 5.69 Å². The van der Waals surface area contributed by atoms with Gasteiger partial charge in [0, 0.05) is 11.3 Å². The summed E-state index contributed by atoms with van der Waals surface area (Å²) < 4.78 is 0. The van der Waals surface area contributed by atoms with Gasteiger partial charge in [-0.1, -0.05) is 6.92 Å². The molecule has 0 aromatic heterocycles. The largest absolute Gasteiger partial charge is 0.504 e. The zero-order valence-corrected chi connectivity index (χ0v) is 7.26. The van der Waals surface area contributed by atoms with Crippen LogP contribution in [0.4, 0.5) is 5.69 Å². The van der Waals surface area contributed by atoms with E-state index in [0.717, 1.165) is 5.56 Å². The molecule has 12 heavy (non-hydrogen) atoms. The summed E-state index contributed by atoms with van der Waals surface area (Å²) in [5, 5.41) is 18.6. The summed E-state index contributed by atoms with van der Waals surface area (Å²) in [5.74, 6) is -0.195. The number of phenols is 2. The number of hydrogen-bond acceptors (Lipinski definition) is 3. The van der Waals surface area contributed by atoms with Crippen molar-refractivity contribution in [2.75, 3.05) is 5.73 Å². The van der Waals surface area contributed by atoms with Crippen LogP contribution in [0.2, 0.25) is 0 Å². The van der Waals surface area contributed by atoms with Gasteiger partial charge in [-0.3, -0.25) is 0 Å². The van der Waals surface area contributed by atoms with E-state index in [9.17, 15) is 10.2 Å². The second kappa shape index (κ2) is 2.93. The monoisotopic (exact) mass is 167 g/mol. The van der Waals surface area contributed by atoms with E-state index in [0.29, 0.717) is 17.7 Å². The molecule has 0 radical (unpaired) electrons. The fourth-order valence-corrected chi connectivity index (χ4v) is 1.23. The maximum atomic E-state index is 9.37. The van der Waals surface area contributed by atoms with E-state index in [1.54, 1.807) is 6.92 Å². The van der Waals surface area contributed by atoms with Crippen LogP contribution in [0.25, 0.3) is 0 Å². The Kier molecular flexibility index (Phi) is 2.13. The molecule has 1 aromatic rings. The Morgan fingerprint density at radius 3 is 2.50 bits per heavy atom. The first-order valence-corrected chi connectivity index (χ1v) is 3.87. The van der Waals surface area contributed by atoms with Gasteiger partial charge in [-0.15, -0.1) is 0 Å². The Bertz CT molecular complexity index is 282. The van der Waals surface area contributed by atoms with Crippen LogP contribution in [0, 0.1) is 6.92 Å². The first kappa shape index (κ1) is 8.71. The fraction of sp³-hybridized carbons (Fsp3) is 0.333. The normalized spacial score (nSPS) is 10.2. The molecule has 0 amide bonds. The Hall–Kier alpha value is -1.38. The summed E-state index contributed by atoms with van der Waals surface area (Å²) in [6.45, 7) is 3.68. The van der Waals surface area contributed by atoms with Gasteiger partial charge in [0.2, 0.25) is 0 Å². The minimum Gasteiger partial charge on any atom is -0.504 e. The first-order chi connectivity index (χ1) is 5.57. The molecule has 0 spiro atoms. The van der Waals surface area contributed by atoms with Crippen molar-refractivity contribution in [3.05, 3.63) is 17.2 Å². The van der Waals surface area contributed by atoms with Gasteiger partial charge >= 0.3 is 0 Å². The molecule has 0 aliphatic heterocycles. The molecule has 3 nitrogen and oxygen atoms in total. The number of nitrogens with two attached hydrogens (primary N) is 1. The van der Waals surface area contributed by atoms with Crippen LogP contribution in [0.15, 0.2) is 6.07 Å². The predicted octanol–water partition coefficient (Wildman–Crippen LogP) is 1.55. The molecule has 0 saturated carbocycles. The van der Waals surface area contributed by atoms with Gasteiger partial charge in [0.15, 0.2) is 11.5 Å². The summed E-state index contributed by atoms with van der Waals surface area (Å²) >= 11 is 0. The molecule has 0 saturated heterocycles. The molecule has 1 aromatic carbocycles. The van der Waals surface area contributed by atoms with Crippen LogP contribution in [-0.2, 0) is 6.42 Å². The van der Waals surface area contributed by atoms with E-state index >= 15 is 0 Å². The molecule has 4 N–H and O–H groups in total. The number of hydrogen-bond donors (Lipinski definition) is 3. The van der Waals surface area contributed by atoms with Gasteiger partial charge in [-0.25, -0.2) is 0 Å². The second-order valence-corrected chi connectivity index (χ2v) is 2.81. The van der Waals surface area contributed by atoms with Gasteiger partial charge in [-0.2, -0.15) is 0 Å². The van der Waals surface area contributed by atoms with E-state index in [-0.39, 0.29) is 11.5 Å². The molecule has 0 bridgehead atoms. The van der Waals surface area contributed by atoms with Gasteiger partial charge in [0.1, 0.15) is 0 Å². The van der Waals surface area contributed by atoms with E-state index < -0.39 is 0 Å². The lowest BCUT2D eigenvalue weighted by Gasteiger charge is -2.10. The van der Waals surface area contributed by atoms with Crippen molar-refractivity contribution in [2.45, 2.75) is 20.3 Å². The van der Waals surface area contributed by atoms with Gasteiger partial charge in [-0.05, 0) is 25.0 Å². The van der Waals surface area contributed by atoms with Crippen molar-refractivity contribution in [1.82, 2.24) is 0 Å². The number of anilines is 1. The second-order valence-electron chi connectivity index (χ2n) is 2.81.